The van der Waals surface area contributed by atoms with Gasteiger partial charge >= 0.3 is 5.69 Å². The van der Waals surface area contributed by atoms with Gasteiger partial charge in [-0.3, -0.25) is 19.2 Å². The van der Waals surface area contributed by atoms with Crippen molar-refractivity contribution >= 4 is 34.4 Å². The summed E-state index contributed by atoms with van der Waals surface area (Å²) in [5, 5.41) is 1.03. The third kappa shape index (κ3) is 3.67. The molecule has 0 fully saturated rings. The highest BCUT2D eigenvalue weighted by Crippen LogP contribution is 2.27. The van der Waals surface area contributed by atoms with Gasteiger partial charge in [0.1, 0.15) is 5.82 Å². The minimum atomic E-state index is -0.498. The van der Waals surface area contributed by atoms with Gasteiger partial charge in [-0.25, -0.2) is 9.78 Å². The lowest BCUT2D eigenvalue weighted by Crippen LogP contribution is -2.29. The molecule has 0 atom stereocenters. The van der Waals surface area contributed by atoms with Crippen LogP contribution in [0.1, 0.15) is 25.2 Å². The van der Waals surface area contributed by atoms with Crippen LogP contribution in [0.3, 0.4) is 0 Å². The number of hydrogen-bond acceptors (Lipinski definition) is 4. The summed E-state index contributed by atoms with van der Waals surface area (Å²) in [6.45, 7) is 6.61. The molecule has 0 spiro atoms. The van der Waals surface area contributed by atoms with E-state index in [1.165, 1.54) is 4.57 Å². The molecule has 0 unspecified atom stereocenters. The monoisotopic (exact) mass is 409 g/mol. The Balaban J connectivity index is 2.26. The van der Waals surface area contributed by atoms with Gasteiger partial charge < -0.3 is 4.57 Å². The highest BCUT2D eigenvalue weighted by Gasteiger charge is 2.20. The van der Waals surface area contributed by atoms with Gasteiger partial charge in [0.15, 0.2) is 11.2 Å². The van der Waals surface area contributed by atoms with Gasteiger partial charge in [0.25, 0.3) is 5.56 Å². The lowest BCUT2D eigenvalue weighted by atomic mass is 10.2. The number of benzene rings is 1. The number of nitrogens with zero attached hydrogens (tertiary/aromatic N) is 4. The van der Waals surface area contributed by atoms with E-state index in [1.807, 2.05) is 0 Å². The standard InChI is InChI=1S/C18H21Cl2N5O2/c1-4-24(5-2)10-14-21-16-15(17(26)22-18(27)23(16)3)25(14)9-11-12(19)7-6-8-13(11)20/h6-8H,4-5,9-10H2,1-3H3,(H,22,26,27). The van der Waals surface area contributed by atoms with Crippen LogP contribution in [0, 0.1) is 0 Å². The van der Waals surface area contributed by atoms with Crippen LogP contribution in [-0.4, -0.2) is 37.1 Å². The number of rotatable bonds is 6. The molecule has 1 N–H and O–H groups in total. The first-order valence-electron chi connectivity index (χ1n) is 8.71. The Bertz CT molecular complexity index is 1080. The SMILES string of the molecule is CCN(CC)Cc1nc2c(c(=O)[nH]c(=O)n2C)n1Cc1c(Cl)cccc1Cl. The van der Waals surface area contributed by atoms with Gasteiger partial charge in [0, 0.05) is 22.7 Å². The number of halogens is 2. The molecule has 2 heterocycles. The van der Waals surface area contributed by atoms with Crippen molar-refractivity contribution in [3.63, 3.8) is 0 Å². The largest absolute Gasteiger partial charge is 0.329 e. The lowest BCUT2D eigenvalue weighted by molar-refractivity contribution is 0.285. The quantitative estimate of drug-likeness (QED) is 0.678. The average molecular weight is 410 g/mol. The molecular formula is C18H21Cl2N5O2. The maximum atomic E-state index is 12.6. The highest BCUT2D eigenvalue weighted by atomic mass is 35.5. The number of fused-ring (bicyclic) bond motifs is 1. The van der Waals surface area contributed by atoms with Crippen LogP contribution in [0.2, 0.25) is 10.0 Å². The molecule has 0 radical (unpaired) electrons. The molecule has 0 aliphatic heterocycles. The van der Waals surface area contributed by atoms with Gasteiger partial charge in [-0.05, 0) is 25.2 Å². The summed E-state index contributed by atoms with van der Waals surface area (Å²) < 4.78 is 3.13. The maximum absolute atomic E-state index is 12.6. The van der Waals surface area contributed by atoms with Gasteiger partial charge in [0.05, 0.1) is 13.1 Å². The third-order valence-corrected chi connectivity index (χ3v) is 5.43. The fourth-order valence-electron chi connectivity index (χ4n) is 3.06. The maximum Gasteiger partial charge on any atom is 0.329 e. The van der Waals surface area contributed by atoms with Crippen LogP contribution in [0.4, 0.5) is 0 Å². The summed E-state index contributed by atoms with van der Waals surface area (Å²) in [5.41, 5.74) is 0.399. The van der Waals surface area contributed by atoms with Gasteiger partial charge in [-0.15, -0.1) is 0 Å². The Morgan fingerprint density at radius 3 is 2.37 bits per heavy atom. The van der Waals surface area contributed by atoms with E-state index in [-0.39, 0.29) is 6.54 Å². The number of nitrogens with one attached hydrogen (secondary N) is 1. The van der Waals surface area contributed by atoms with Crippen molar-refractivity contribution in [1.82, 2.24) is 24.0 Å². The second-order valence-electron chi connectivity index (χ2n) is 6.27. The average Bonchev–Trinajstić information content (AvgIpc) is 2.99. The second kappa shape index (κ2) is 7.88. The van der Waals surface area contributed by atoms with Gasteiger partial charge in [-0.1, -0.05) is 43.1 Å². The number of H-pyrrole nitrogens is 1. The van der Waals surface area contributed by atoms with Crippen molar-refractivity contribution in [1.29, 1.82) is 0 Å². The Kier molecular flexibility index (Phi) is 5.74. The molecule has 3 rings (SSSR count). The van der Waals surface area contributed by atoms with E-state index in [4.69, 9.17) is 23.2 Å². The molecule has 0 saturated carbocycles. The van der Waals surface area contributed by atoms with Gasteiger partial charge in [0.2, 0.25) is 0 Å². The lowest BCUT2D eigenvalue weighted by Gasteiger charge is -2.19. The Hall–Kier alpha value is -2.09. The fourth-order valence-corrected chi connectivity index (χ4v) is 3.58. The van der Waals surface area contributed by atoms with Crippen molar-refractivity contribution in [2.24, 2.45) is 7.05 Å². The van der Waals surface area contributed by atoms with E-state index in [2.05, 4.69) is 28.7 Å². The molecule has 27 heavy (non-hydrogen) atoms. The zero-order chi connectivity index (χ0) is 19.7. The summed E-state index contributed by atoms with van der Waals surface area (Å²) in [4.78, 5) is 33.7. The van der Waals surface area contributed by atoms with Crippen LogP contribution >= 0.6 is 23.2 Å². The van der Waals surface area contributed by atoms with E-state index in [9.17, 15) is 9.59 Å². The summed E-state index contributed by atoms with van der Waals surface area (Å²) in [5.74, 6) is 0.677. The van der Waals surface area contributed by atoms with Crippen LogP contribution in [0.25, 0.3) is 11.2 Å². The zero-order valence-corrected chi connectivity index (χ0v) is 16.9. The predicted molar refractivity (Wildman–Crippen MR) is 108 cm³/mol. The Labute approximate surface area is 166 Å². The van der Waals surface area contributed by atoms with E-state index >= 15 is 0 Å². The first-order chi connectivity index (χ1) is 12.9. The minimum absolute atomic E-state index is 0.285. The number of aromatic amines is 1. The number of imidazole rings is 1. The van der Waals surface area contributed by atoms with Crippen molar-refractivity contribution < 1.29 is 0 Å². The normalized spacial score (nSPS) is 11.6. The van der Waals surface area contributed by atoms with Crippen LogP contribution < -0.4 is 11.2 Å². The van der Waals surface area contributed by atoms with E-state index in [0.717, 1.165) is 13.1 Å². The van der Waals surface area contributed by atoms with E-state index in [0.29, 0.717) is 39.1 Å². The molecule has 0 saturated heterocycles. The first-order valence-corrected chi connectivity index (χ1v) is 9.46. The van der Waals surface area contributed by atoms with E-state index in [1.54, 1.807) is 29.8 Å². The summed E-state index contributed by atoms with van der Waals surface area (Å²) in [6.07, 6.45) is 0. The molecular weight excluding hydrogens is 389 g/mol. The molecule has 7 nitrogen and oxygen atoms in total. The Morgan fingerprint density at radius 1 is 1.15 bits per heavy atom. The molecule has 1 aromatic carbocycles. The third-order valence-electron chi connectivity index (χ3n) is 4.72. The number of aryl methyl sites for hydroxylation is 1. The van der Waals surface area contributed by atoms with Crippen molar-refractivity contribution in [3.05, 3.63) is 60.5 Å². The van der Waals surface area contributed by atoms with E-state index < -0.39 is 11.2 Å². The molecule has 0 bridgehead atoms. The molecule has 144 valence electrons. The summed E-state index contributed by atoms with van der Waals surface area (Å²) in [7, 11) is 1.58. The number of hydrogen-bond donors (Lipinski definition) is 1. The summed E-state index contributed by atoms with van der Waals surface area (Å²) >= 11 is 12.7. The fraction of sp³-hybridized carbons (Fsp3) is 0.389. The van der Waals surface area contributed by atoms with Crippen molar-refractivity contribution in [2.45, 2.75) is 26.9 Å². The molecule has 3 aromatic rings. The highest BCUT2D eigenvalue weighted by molar-refractivity contribution is 6.36. The molecule has 0 aliphatic rings. The first kappa shape index (κ1) is 19.7. The zero-order valence-electron chi connectivity index (χ0n) is 15.4. The number of aromatic nitrogens is 4. The van der Waals surface area contributed by atoms with Crippen molar-refractivity contribution in [3.8, 4) is 0 Å². The van der Waals surface area contributed by atoms with Gasteiger partial charge in [-0.2, -0.15) is 0 Å². The molecule has 9 heteroatoms. The minimum Gasteiger partial charge on any atom is -0.316 e. The summed E-state index contributed by atoms with van der Waals surface area (Å²) in [6, 6.07) is 5.28. The van der Waals surface area contributed by atoms with Crippen LogP contribution in [-0.2, 0) is 20.1 Å². The molecule has 0 aliphatic carbocycles. The Morgan fingerprint density at radius 2 is 1.78 bits per heavy atom. The molecule has 2 aromatic heterocycles. The second-order valence-corrected chi connectivity index (χ2v) is 7.08. The molecule has 0 amide bonds. The van der Waals surface area contributed by atoms with Crippen LogP contribution in [0.15, 0.2) is 27.8 Å². The van der Waals surface area contributed by atoms with Crippen molar-refractivity contribution in [2.75, 3.05) is 13.1 Å². The topological polar surface area (TPSA) is 75.9 Å². The van der Waals surface area contributed by atoms with Crippen LogP contribution in [0.5, 0.6) is 0 Å². The predicted octanol–water partition coefficient (Wildman–Crippen LogP) is 2.62. The smallest absolute Gasteiger partial charge is 0.316 e.